The summed E-state index contributed by atoms with van der Waals surface area (Å²) in [6.45, 7) is 0. The Bertz CT molecular complexity index is 301. The first-order valence-electron chi connectivity index (χ1n) is 3.61. The second kappa shape index (κ2) is 4.30. The third-order valence-electron chi connectivity index (χ3n) is 1.38. The molecule has 5 nitrogen and oxygen atoms in total. The Hall–Kier alpha value is -1.78. The number of carbonyl (C=O) groups is 1. The van der Waals surface area contributed by atoms with E-state index in [2.05, 4.69) is 15.0 Å². The zero-order valence-corrected chi connectivity index (χ0v) is 7.40. The Kier molecular flexibility index (Phi) is 3.08. The van der Waals surface area contributed by atoms with Crippen molar-refractivity contribution in [2.75, 3.05) is 19.5 Å². The average molecular weight is 182 g/mol. The van der Waals surface area contributed by atoms with Gasteiger partial charge in [0.15, 0.2) is 0 Å². The summed E-state index contributed by atoms with van der Waals surface area (Å²) in [5.41, 5.74) is 0. The average Bonchev–Trinajstić information content (AvgIpc) is 2.18. The zero-order chi connectivity index (χ0) is 9.68. The minimum atomic E-state index is -0.555. The fraction of sp³-hybridized carbons (Fsp3) is 0.250. The first-order chi connectivity index (χ1) is 6.26. The molecule has 0 aromatic carbocycles. The molecular weight excluding hydrogens is 172 g/mol. The molecule has 0 fully saturated rings. The summed E-state index contributed by atoms with van der Waals surface area (Å²) in [4.78, 5) is 14.7. The van der Waals surface area contributed by atoms with Gasteiger partial charge in [0, 0.05) is 12.3 Å². The molecule has 1 rings (SSSR count). The van der Waals surface area contributed by atoms with E-state index in [9.17, 15) is 4.79 Å². The van der Waals surface area contributed by atoms with Crippen molar-refractivity contribution in [3.8, 4) is 5.75 Å². The number of carbonyl (C=O) groups excluding carboxylic acids is 1. The lowest BCUT2D eigenvalue weighted by atomic mass is 10.4. The standard InChI is InChI=1S/C8H10N2O3/c1-12-6-3-4-9-7(5-6)10-8(11)13-2/h3-5H,1-2H3,(H,9,10,11). The zero-order valence-electron chi connectivity index (χ0n) is 7.40. The summed E-state index contributed by atoms with van der Waals surface area (Å²) < 4.78 is 9.33. The van der Waals surface area contributed by atoms with E-state index in [4.69, 9.17) is 4.74 Å². The van der Waals surface area contributed by atoms with Crippen molar-refractivity contribution in [2.24, 2.45) is 0 Å². The van der Waals surface area contributed by atoms with Crippen LogP contribution in [0.1, 0.15) is 0 Å². The van der Waals surface area contributed by atoms with Crippen molar-refractivity contribution in [2.45, 2.75) is 0 Å². The van der Waals surface area contributed by atoms with Gasteiger partial charge >= 0.3 is 6.09 Å². The summed E-state index contributed by atoms with van der Waals surface area (Å²) in [6, 6.07) is 3.28. The number of hydrogen-bond donors (Lipinski definition) is 1. The van der Waals surface area contributed by atoms with Gasteiger partial charge in [-0.2, -0.15) is 0 Å². The van der Waals surface area contributed by atoms with E-state index in [1.807, 2.05) is 0 Å². The number of ether oxygens (including phenoxy) is 2. The highest BCUT2D eigenvalue weighted by atomic mass is 16.5. The smallest absolute Gasteiger partial charge is 0.412 e. The molecule has 0 spiro atoms. The van der Waals surface area contributed by atoms with Crippen LogP contribution < -0.4 is 10.1 Å². The van der Waals surface area contributed by atoms with E-state index < -0.39 is 6.09 Å². The molecule has 0 saturated heterocycles. The molecule has 0 unspecified atom stereocenters. The van der Waals surface area contributed by atoms with Gasteiger partial charge in [-0.05, 0) is 6.07 Å². The number of hydrogen-bond acceptors (Lipinski definition) is 4. The van der Waals surface area contributed by atoms with Gasteiger partial charge in [0.1, 0.15) is 11.6 Å². The second-order valence-electron chi connectivity index (χ2n) is 2.20. The number of anilines is 1. The SMILES string of the molecule is COC(=O)Nc1cc(OC)ccn1. The first kappa shape index (κ1) is 9.31. The molecule has 1 amide bonds. The molecule has 0 radical (unpaired) electrons. The number of nitrogens with zero attached hydrogens (tertiary/aromatic N) is 1. The van der Waals surface area contributed by atoms with E-state index >= 15 is 0 Å². The Morgan fingerprint density at radius 3 is 2.92 bits per heavy atom. The Balaban J connectivity index is 2.71. The van der Waals surface area contributed by atoms with Gasteiger partial charge in [-0.25, -0.2) is 9.78 Å². The summed E-state index contributed by atoms with van der Waals surface area (Å²) in [6.07, 6.45) is 0.977. The predicted molar refractivity (Wildman–Crippen MR) is 46.8 cm³/mol. The van der Waals surface area contributed by atoms with Gasteiger partial charge in [-0.3, -0.25) is 5.32 Å². The lowest BCUT2D eigenvalue weighted by Gasteiger charge is -2.03. The summed E-state index contributed by atoms with van der Waals surface area (Å²) in [5, 5.41) is 2.41. The lowest BCUT2D eigenvalue weighted by molar-refractivity contribution is 0.187. The van der Waals surface area contributed by atoms with Crippen LogP contribution >= 0.6 is 0 Å². The molecular formula is C8H10N2O3. The molecule has 1 heterocycles. The van der Waals surface area contributed by atoms with Crippen molar-refractivity contribution in [1.29, 1.82) is 0 Å². The third kappa shape index (κ3) is 2.62. The maximum atomic E-state index is 10.8. The van der Waals surface area contributed by atoms with Crippen LogP contribution in [0.4, 0.5) is 10.6 Å². The van der Waals surface area contributed by atoms with Crippen LogP contribution in [0.25, 0.3) is 0 Å². The van der Waals surface area contributed by atoms with Crippen molar-refractivity contribution in [3.05, 3.63) is 18.3 Å². The number of nitrogens with one attached hydrogen (secondary N) is 1. The first-order valence-corrected chi connectivity index (χ1v) is 3.61. The molecule has 1 aromatic heterocycles. The van der Waals surface area contributed by atoms with Crippen LogP contribution in [0, 0.1) is 0 Å². The number of aromatic nitrogens is 1. The molecule has 5 heteroatoms. The Labute approximate surface area is 75.7 Å². The maximum Gasteiger partial charge on any atom is 0.412 e. The molecule has 0 bridgehead atoms. The highest BCUT2D eigenvalue weighted by Gasteiger charge is 2.01. The number of methoxy groups -OCH3 is 2. The largest absolute Gasteiger partial charge is 0.497 e. The third-order valence-corrected chi connectivity index (χ3v) is 1.38. The summed E-state index contributed by atoms with van der Waals surface area (Å²) >= 11 is 0. The van der Waals surface area contributed by atoms with Crippen LogP contribution in [-0.2, 0) is 4.74 Å². The molecule has 0 aliphatic rings. The highest BCUT2D eigenvalue weighted by molar-refractivity contribution is 5.83. The molecule has 13 heavy (non-hydrogen) atoms. The molecule has 0 atom stereocenters. The van der Waals surface area contributed by atoms with Gasteiger partial charge in [-0.1, -0.05) is 0 Å². The van der Waals surface area contributed by atoms with Crippen LogP contribution in [0.2, 0.25) is 0 Å². The van der Waals surface area contributed by atoms with Gasteiger partial charge in [-0.15, -0.1) is 0 Å². The number of rotatable bonds is 2. The Morgan fingerprint density at radius 1 is 1.54 bits per heavy atom. The lowest BCUT2D eigenvalue weighted by Crippen LogP contribution is -2.11. The quantitative estimate of drug-likeness (QED) is 0.748. The summed E-state index contributed by atoms with van der Waals surface area (Å²) in [5.74, 6) is 1.02. The topological polar surface area (TPSA) is 60.5 Å². The normalized spacial score (nSPS) is 9.08. The maximum absolute atomic E-state index is 10.8. The molecule has 0 aliphatic heterocycles. The van der Waals surface area contributed by atoms with Crippen LogP contribution in [-0.4, -0.2) is 25.3 Å². The predicted octanol–water partition coefficient (Wildman–Crippen LogP) is 1.27. The van der Waals surface area contributed by atoms with E-state index in [-0.39, 0.29) is 0 Å². The number of pyridine rings is 1. The van der Waals surface area contributed by atoms with Crippen molar-refractivity contribution < 1.29 is 14.3 Å². The van der Waals surface area contributed by atoms with Crippen LogP contribution in [0.15, 0.2) is 18.3 Å². The van der Waals surface area contributed by atoms with Gasteiger partial charge in [0.05, 0.1) is 14.2 Å². The van der Waals surface area contributed by atoms with Gasteiger partial charge < -0.3 is 9.47 Å². The molecule has 70 valence electrons. The second-order valence-corrected chi connectivity index (χ2v) is 2.20. The van der Waals surface area contributed by atoms with Gasteiger partial charge in [0.2, 0.25) is 0 Å². The molecule has 1 aromatic rings. The van der Waals surface area contributed by atoms with Crippen LogP contribution in [0.3, 0.4) is 0 Å². The highest BCUT2D eigenvalue weighted by Crippen LogP contribution is 2.13. The summed E-state index contributed by atoms with van der Waals surface area (Å²) in [7, 11) is 2.83. The van der Waals surface area contributed by atoms with Gasteiger partial charge in [0.25, 0.3) is 0 Å². The van der Waals surface area contributed by atoms with Crippen molar-refractivity contribution in [1.82, 2.24) is 4.98 Å². The van der Waals surface area contributed by atoms with E-state index in [1.165, 1.54) is 20.4 Å². The van der Waals surface area contributed by atoms with E-state index in [0.717, 1.165) is 0 Å². The fourth-order valence-electron chi connectivity index (χ4n) is 0.762. The molecule has 0 aliphatic carbocycles. The molecule has 0 saturated carbocycles. The Morgan fingerprint density at radius 2 is 2.31 bits per heavy atom. The van der Waals surface area contributed by atoms with E-state index in [0.29, 0.717) is 11.6 Å². The van der Waals surface area contributed by atoms with Crippen LogP contribution in [0.5, 0.6) is 5.75 Å². The number of amides is 1. The van der Waals surface area contributed by atoms with E-state index in [1.54, 1.807) is 12.1 Å². The fourth-order valence-corrected chi connectivity index (χ4v) is 0.762. The molecule has 1 N–H and O–H groups in total. The monoisotopic (exact) mass is 182 g/mol. The van der Waals surface area contributed by atoms with Crippen molar-refractivity contribution in [3.63, 3.8) is 0 Å². The van der Waals surface area contributed by atoms with Crippen molar-refractivity contribution >= 4 is 11.9 Å². The minimum absolute atomic E-state index is 0.395. The minimum Gasteiger partial charge on any atom is -0.497 e.